The number of rotatable bonds is 6. The number of hydrogen-bond donors (Lipinski definition) is 0. The zero-order valence-electron chi connectivity index (χ0n) is 18.0. The van der Waals surface area contributed by atoms with Gasteiger partial charge in [0, 0.05) is 38.4 Å². The van der Waals surface area contributed by atoms with Crippen molar-refractivity contribution in [3.63, 3.8) is 0 Å². The van der Waals surface area contributed by atoms with Crippen LogP contribution in [0.15, 0.2) is 70.0 Å². The molecule has 0 N–H and O–H groups in total. The maximum Gasteiger partial charge on any atom is 0.243 e. The number of halogens is 4. The molecule has 0 saturated carbocycles. The molecule has 178 valence electrons. The summed E-state index contributed by atoms with van der Waals surface area (Å²) in [6.07, 6.45) is 0.642. The Hall–Kier alpha value is -1.97. The summed E-state index contributed by atoms with van der Waals surface area (Å²) in [7, 11) is -4.18. The van der Waals surface area contributed by atoms with E-state index in [1.165, 1.54) is 42.5 Å². The number of benzene rings is 3. The number of hydrogen-bond acceptors (Lipinski definition) is 3. The maximum atomic E-state index is 14.6. The van der Waals surface area contributed by atoms with E-state index in [0.29, 0.717) is 11.4 Å². The van der Waals surface area contributed by atoms with Crippen LogP contribution in [0.4, 0.5) is 10.1 Å². The molecule has 1 aliphatic rings. The van der Waals surface area contributed by atoms with Gasteiger partial charge in [-0.2, -0.15) is 4.31 Å². The van der Waals surface area contributed by atoms with Gasteiger partial charge in [0.05, 0.1) is 11.4 Å². The van der Waals surface area contributed by atoms with Crippen molar-refractivity contribution in [1.82, 2.24) is 4.31 Å². The SMILES string of the molecule is C[C@H]1Cc2cc(Br)ccc2N1C(=O)CN(Cc1c(F)cccc1Cl)S(=O)(=O)c1ccc(Cl)cc1. The summed E-state index contributed by atoms with van der Waals surface area (Å²) >= 11 is 15.5. The Kier molecular flexibility index (Phi) is 7.36. The van der Waals surface area contributed by atoms with Gasteiger partial charge in [0.2, 0.25) is 15.9 Å². The molecule has 1 atom stereocenters. The topological polar surface area (TPSA) is 57.7 Å². The smallest absolute Gasteiger partial charge is 0.243 e. The standard InChI is InChI=1S/C24H20BrCl2FN2O3S/c1-15-11-16-12-17(25)5-10-23(16)30(15)24(31)14-29(13-20-21(27)3-2-4-22(20)28)34(32,33)19-8-6-18(26)7-9-19/h2-10,12,15H,11,13-14H2,1H3/t15-/m0/s1. The predicted octanol–water partition coefficient (Wildman–Crippen LogP) is 6.06. The van der Waals surface area contributed by atoms with Crippen LogP contribution < -0.4 is 4.90 Å². The van der Waals surface area contributed by atoms with Crippen molar-refractivity contribution in [3.8, 4) is 0 Å². The van der Waals surface area contributed by atoms with Gasteiger partial charge in [-0.3, -0.25) is 4.79 Å². The molecule has 4 rings (SSSR count). The lowest BCUT2D eigenvalue weighted by molar-refractivity contribution is -0.119. The van der Waals surface area contributed by atoms with E-state index in [1.54, 1.807) is 4.90 Å². The number of nitrogens with zero attached hydrogens (tertiary/aromatic N) is 2. The molecule has 5 nitrogen and oxygen atoms in total. The van der Waals surface area contributed by atoms with Crippen molar-refractivity contribution in [3.05, 3.63) is 92.1 Å². The van der Waals surface area contributed by atoms with Crippen LogP contribution in [0.2, 0.25) is 10.0 Å². The van der Waals surface area contributed by atoms with E-state index >= 15 is 0 Å². The lowest BCUT2D eigenvalue weighted by Gasteiger charge is -2.28. The Morgan fingerprint density at radius 1 is 1.15 bits per heavy atom. The molecule has 0 aliphatic carbocycles. The monoisotopic (exact) mass is 584 g/mol. The zero-order chi connectivity index (χ0) is 24.6. The van der Waals surface area contributed by atoms with E-state index in [9.17, 15) is 17.6 Å². The minimum Gasteiger partial charge on any atom is -0.308 e. The van der Waals surface area contributed by atoms with Gasteiger partial charge < -0.3 is 4.90 Å². The van der Waals surface area contributed by atoms with Gasteiger partial charge in [-0.15, -0.1) is 0 Å². The summed E-state index contributed by atoms with van der Waals surface area (Å²) in [6.45, 7) is 1.00. The van der Waals surface area contributed by atoms with E-state index in [-0.39, 0.29) is 21.5 Å². The van der Waals surface area contributed by atoms with Crippen LogP contribution in [0.1, 0.15) is 18.1 Å². The van der Waals surface area contributed by atoms with Gasteiger partial charge in [0.1, 0.15) is 5.82 Å². The fraction of sp³-hybridized carbons (Fsp3) is 0.208. The van der Waals surface area contributed by atoms with Crippen LogP contribution in [-0.2, 0) is 27.8 Å². The Bertz CT molecular complexity index is 1330. The molecule has 1 aliphatic heterocycles. The fourth-order valence-corrected chi connectivity index (χ4v) is 6.16. The molecular weight excluding hydrogens is 566 g/mol. The van der Waals surface area contributed by atoms with E-state index in [2.05, 4.69) is 15.9 Å². The molecule has 0 aromatic heterocycles. The first-order chi connectivity index (χ1) is 16.1. The predicted molar refractivity (Wildman–Crippen MR) is 135 cm³/mol. The molecule has 0 saturated heterocycles. The largest absolute Gasteiger partial charge is 0.308 e. The third kappa shape index (κ3) is 5.02. The first-order valence-electron chi connectivity index (χ1n) is 10.4. The Morgan fingerprint density at radius 2 is 1.85 bits per heavy atom. The van der Waals surface area contributed by atoms with Crippen LogP contribution in [0.3, 0.4) is 0 Å². The van der Waals surface area contributed by atoms with E-state index in [0.717, 1.165) is 20.0 Å². The van der Waals surface area contributed by atoms with Gasteiger partial charge in [0.25, 0.3) is 0 Å². The van der Waals surface area contributed by atoms with Gasteiger partial charge in [-0.05, 0) is 73.5 Å². The second-order valence-electron chi connectivity index (χ2n) is 8.02. The average molecular weight is 586 g/mol. The highest BCUT2D eigenvalue weighted by Crippen LogP contribution is 2.35. The summed E-state index contributed by atoms with van der Waals surface area (Å²) in [5.74, 6) is -1.07. The van der Waals surface area contributed by atoms with Crippen molar-refractivity contribution >= 4 is 60.7 Å². The summed E-state index contributed by atoms with van der Waals surface area (Å²) in [5, 5.41) is 0.445. The van der Waals surface area contributed by atoms with Gasteiger partial charge in [-0.1, -0.05) is 45.2 Å². The number of amides is 1. The molecular formula is C24H20BrCl2FN2O3S. The number of carbonyl (C=O) groups excluding carboxylic acids is 1. The molecule has 34 heavy (non-hydrogen) atoms. The van der Waals surface area contributed by atoms with Crippen LogP contribution in [0.25, 0.3) is 0 Å². The lowest BCUT2D eigenvalue weighted by Crippen LogP contribution is -2.45. The van der Waals surface area contributed by atoms with Crippen LogP contribution >= 0.6 is 39.1 Å². The second-order valence-corrected chi connectivity index (χ2v) is 11.7. The Morgan fingerprint density at radius 3 is 2.53 bits per heavy atom. The summed E-state index contributed by atoms with van der Waals surface area (Å²) < 4.78 is 43.5. The second kappa shape index (κ2) is 9.95. The van der Waals surface area contributed by atoms with Crippen LogP contribution in [0, 0.1) is 5.82 Å². The van der Waals surface area contributed by atoms with Crippen molar-refractivity contribution in [2.45, 2.75) is 30.8 Å². The highest BCUT2D eigenvalue weighted by molar-refractivity contribution is 9.10. The Balaban J connectivity index is 1.71. The number of anilines is 1. The molecule has 1 amide bonds. The summed E-state index contributed by atoms with van der Waals surface area (Å²) in [4.78, 5) is 15.0. The molecule has 0 spiro atoms. The van der Waals surface area contributed by atoms with Crippen LogP contribution in [0.5, 0.6) is 0 Å². The van der Waals surface area contributed by atoms with Crippen molar-refractivity contribution < 1.29 is 17.6 Å². The third-order valence-corrected chi connectivity index (χ3v) is 8.59. The number of fused-ring (bicyclic) bond motifs is 1. The molecule has 10 heteroatoms. The molecule has 0 radical (unpaired) electrons. The van der Waals surface area contributed by atoms with Crippen LogP contribution in [-0.4, -0.2) is 31.2 Å². The molecule has 3 aromatic carbocycles. The normalized spacial score (nSPS) is 15.6. The average Bonchev–Trinajstić information content (AvgIpc) is 3.10. The number of sulfonamides is 1. The molecule has 1 heterocycles. The molecule has 0 fully saturated rings. The van der Waals surface area contributed by atoms with Gasteiger partial charge in [-0.25, -0.2) is 12.8 Å². The third-order valence-electron chi connectivity index (χ3n) is 5.69. The Labute approximate surface area is 216 Å². The minimum absolute atomic E-state index is 0.00620. The molecule has 3 aromatic rings. The van der Waals surface area contributed by atoms with Crippen molar-refractivity contribution in [2.75, 3.05) is 11.4 Å². The molecule has 0 bridgehead atoms. The zero-order valence-corrected chi connectivity index (χ0v) is 21.9. The number of carbonyl (C=O) groups is 1. The van der Waals surface area contributed by atoms with Crippen molar-refractivity contribution in [1.29, 1.82) is 0 Å². The first-order valence-corrected chi connectivity index (χ1v) is 13.4. The lowest BCUT2D eigenvalue weighted by atomic mass is 10.1. The van der Waals surface area contributed by atoms with Gasteiger partial charge >= 0.3 is 0 Å². The van der Waals surface area contributed by atoms with E-state index in [1.807, 2.05) is 25.1 Å². The van der Waals surface area contributed by atoms with E-state index < -0.39 is 34.8 Å². The van der Waals surface area contributed by atoms with Crippen molar-refractivity contribution in [2.24, 2.45) is 0 Å². The highest BCUT2D eigenvalue weighted by atomic mass is 79.9. The minimum atomic E-state index is -4.18. The first kappa shape index (κ1) is 25.1. The maximum absolute atomic E-state index is 14.6. The summed E-state index contributed by atoms with van der Waals surface area (Å²) in [5.41, 5.74) is 1.71. The fourth-order valence-electron chi connectivity index (χ4n) is 4.05. The highest BCUT2D eigenvalue weighted by Gasteiger charge is 2.35. The summed E-state index contributed by atoms with van der Waals surface area (Å²) in [6, 6.07) is 15.2. The van der Waals surface area contributed by atoms with Gasteiger partial charge in [0.15, 0.2) is 0 Å². The van der Waals surface area contributed by atoms with E-state index in [4.69, 9.17) is 23.2 Å². The molecule has 0 unspecified atom stereocenters. The quantitative estimate of drug-likeness (QED) is 0.353.